The van der Waals surface area contributed by atoms with Gasteiger partial charge in [-0.15, -0.1) is 0 Å². The Labute approximate surface area is 145 Å². The van der Waals surface area contributed by atoms with Crippen LogP contribution in [0.25, 0.3) is 0 Å². The van der Waals surface area contributed by atoms with Crippen LogP contribution >= 0.6 is 0 Å². The molecule has 0 bridgehead atoms. The predicted molar refractivity (Wildman–Crippen MR) is 87.8 cm³/mol. The zero-order chi connectivity index (χ0) is 20.0. The fourth-order valence-electron chi connectivity index (χ4n) is 1.74. The third-order valence-electron chi connectivity index (χ3n) is 2.92. The van der Waals surface area contributed by atoms with E-state index in [0.29, 0.717) is 18.0 Å². The number of anilines is 1. The lowest BCUT2D eigenvalue weighted by atomic mass is 10.2. The number of non-ortho nitro benzene ring substituents is 1. The molecule has 0 saturated carbocycles. The minimum Gasteiger partial charge on any atom is -0.711 e. The van der Waals surface area contributed by atoms with E-state index >= 15 is 0 Å². The average Bonchev–Trinajstić information content (AvgIpc) is 2.55. The molecule has 0 aliphatic heterocycles. The first-order valence-corrected chi connectivity index (χ1v) is 6.72. The van der Waals surface area contributed by atoms with Crippen LogP contribution in [-0.2, 0) is 0 Å². The molecule has 0 spiro atoms. The summed E-state index contributed by atoms with van der Waals surface area (Å²) in [6, 6.07) is 6.21. The predicted octanol–water partition coefficient (Wildman–Crippen LogP) is 1.50. The van der Waals surface area contributed by atoms with Crippen molar-refractivity contribution in [3.05, 3.63) is 72.1 Å². The van der Waals surface area contributed by atoms with E-state index in [0.717, 1.165) is 4.73 Å². The van der Waals surface area contributed by atoms with E-state index in [9.17, 15) is 35.6 Å². The molecule has 0 aliphatic rings. The molecule has 0 unspecified atom stereocenters. The molecule has 0 fully saturated rings. The van der Waals surface area contributed by atoms with Crippen molar-refractivity contribution < 1.29 is 24.6 Å². The van der Waals surface area contributed by atoms with Gasteiger partial charge >= 0.3 is 11.4 Å². The van der Waals surface area contributed by atoms with Gasteiger partial charge in [-0.1, -0.05) is 6.07 Å². The second kappa shape index (κ2) is 8.18. The van der Waals surface area contributed by atoms with Crippen molar-refractivity contribution in [1.82, 2.24) is 0 Å². The summed E-state index contributed by atoms with van der Waals surface area (Å²) in [7, 11) is 3.67. The first-order valence-electron chi connectivity index (χ1n) is 6.72. The van der Waals surface area contributed by atoms with Crippen LogP contribution in [0.5, 0.6) is 5.75 Å². The molecule has 0 radical (unpaired) electrons. The Morgan fingerprint density at radius 2 is 1.46 bits per heavy atom. The van der Waals surface area contributed by atoms with Crippen molar-refractivity contribution in [1.29, 1.82) is 0 Å². The lowest BCUT2D eigenvalue weighted by Gasteiger charge is -2.11. The van der Waals surface area contributed by atoms with Gasteiger partial charge in [0.1, 0.15) is 0 Å². The smallest absolute Gasteiger partial charge is 0.324 e. The van der Waals surface area contributed by atoms with Crippen LogP contribution < -0.4 is 9.63 Å². The van der Waals surface area contributed by atoms with Gasteiger partial charge in [0.05, 0.1) is 47.2 Å². The van der Waals surface area contributed by atoms with Crippen LogP contribution in [0.2, 0.25) is 0 Å². The van der Waals surface area contributed by atoms with Crippen molar-refractivity contribution in [2.24, 2.45) is 0 Å². The number of nitrogens with zero attached hydrogens (tertiary/aromatic N) is 5. The maximum absolute atomic E-state index is 10.9. The monoisotopic (exact) mass is 367 g/mol. The van der Waals surface area contributed by atoms with Gasteiger partial charge in [0.2, 0.25) is 0 Å². The summed E-state index contributed by atoms with van der Waals surface area (Å²) >= 11 is 0. The van der Waals surface area contributed by atoms with Crippen LogP contribution in [-0.4, -0.2) is 34.0 Å². The number of aromatic nitrogens is 1. The van der Waals surface area contributed by atoms with E-state index in [4.69, 9.17) is 5.11 Å². The van der Waals surface area contributed by atoms with E-state index in [1.54, 1.807) is 17.0 Å². The highest BCUT2D eigenvalue weighted by Gasteiger charge is 2.30. The second-order valence-corrected chi connectivity index (χ2v) is 4.88. The molecule has 13 heteroatoms. The Morgan fingerprint density at radius 1 is 0.962 bits per heavy atom. The van der Waals surface area contributed by atoms with E-state index in [1.807, 2.05) is 20.2 Å². The average molecular weight is 367 g/mol. The largest absolute Gasteiger partial charge is 0.711 e. The number of phenolic OH excluding ortho intramolecular Hbond substituents is 1. The molecule has 1 aromatic carbocycles. The van der Waals surface area contributed by atoms with Crippen LogP contribution in [0.3, 0.4) is 0 Å². The third-order valence-corrected chi connectivity index (χ3v) is 2.92. The lowest BCUT2D eigenvalue weighted by molar-refractivity contribution is -0.592. The SMILES string of the molecule is CN(C)c1cccc[n+]1[O-].O=[N+]([O-])c1cc([N+](=O)[O-])c(O)c([N+](=O)[O-])c1. The maximum atomic E-state index is 10.9. The van der Waals surface area contributed by atoms with Gasteiger partial charge in [-0.25, -0.2) is 4.73 Å². The van der Waals surface area contributed by atoms with Gasteiger partial charge in [0, 0.05) is 6.07 Å². The number of hydrogen-bond donors (Lipinski definition) is 1. The van der Waals surface area contributed by atoms with Crippen molar-refractivity contribution in [2.45, 2.75) is 0 Å². The number of benzene rings is 1. The molecular formula is C13H13N5O8. The highest BCUT2D eigenvalue weighted by atomic mass is 16.6. The molecule has 2 aromatic rings. The summed E-state index contributed by atoms with van der Waals surface area (Å²) in [4.78, 5) is 29.5. The Bertz CT molecular complexity index is 819. The molecule has 0 amide bonds. The van der Waals surface area contributed by atoms with Crippen LogP contribution in [0, 0.1) is 35.6 Å². The third kappa shape index (κ3) is 4.73. The second-order valence-electron chi connectivity index (χ2n) is 4.88. The van der Waals surface area contributed by atoms with Gasteiger partial charge in [-0.05, 0) is 6.07 Å². The number of nitro groups is 3. The van der Waals surface area contributed by atoms with Gasteiger partial charge in [0.15, 0.2) is 0 Å². The maximum Gasteiger partial charge on any atom is 0.324 e. The summed E-state index contributed by atoms with van der Waals surface area (Å²) in [6.45, 7) is 0. The number of hydrogen-bond acceptors (Lipinski definition) is 9. The molecule has 0 atom stereocenters. The molecule has 1 heterocycles. The van der Waals surface area contributed by atoms with E-state index in [1.165, 1.54) is 6.20 Å². The van der Waals surface area contributed by atoms with E-state index in [-0.39, 0.29) is 0 Å². The Balaban J connectivity index is 0.000000289. The summed E-state index contributed by atoms with van der Waals surface area (Å²) < 4.78 is 0.833. The van der Waals surface area contributed by atoms with E-state index < -0.39 is 37.6 Å². The topological polar surface area (TPSA) is 180 Å². The molecule has 0 aliphatic carbocycles. The first kappa shape index (κ1) is 20.0. The quantitative estimate of drug-likeness (QED) is 0.362. The molecule has 0 saturated heterocycles. The van der Waals surface area contributed by atoms with Gasteiger partial charge in [-0.3, -0.25) is 35.2 Å². The number of aromatic hydroxyl groups is 1. The first-order chi connectivity index (χ1) is 12.1. The highest BCUT2D eigenvalue weighted by Crippen LogP contribution is 2.38. The Kier molecular flexibility index (Phi) is 6.30. The Hall–Kier alpha value is -4.03. The van der Waals surface area contributed by atoms with Gasteiger partial charge in [-0.2, -0.15) is 0 Å². The fraction of sp³-hybridized carbons (Fsp3) is 0.154. The number of nitro benzene ring substituents is 3. The highest BCUT2D eigenvalue weighted by molar-refractivity contribution is 5.64. The fourth-order valence-corrected chi connectivity index (χ4v) is 1.74. The summed E-state index contributed by atoms with van der Waals surface area (Å²) in [5.74, 6) is -0.553. The summed E-state index contributed by atoms with van der Waals surface area (Å²) in [5, 5.41) is 51.1. The van der Waals surface area contributed by atoms with Crippen LogP contribution in [0.1, 0.15) is 0 Å². The summed E-state index contributed by atoms with van der Waals surface area (Å²) in [6.07, 6.45) is 1.48. The van der Waals surface area contributed by atoms with Crippen molar-refractivity contribution in [3.63, 3.8) is 0 Å². The minimum atomic E-state index is -1.21. The Morgan fingerprint density at radius 3 is 1.77 bits per heavy atom. The molecule has 1 aromatic heterocycles. The van der Waals surface area contributed by atoms with Gasteiger partial charge < -0.3 is 10.3 Å². The molecule has 2 rings (SSSR count). The zero-order valence-corrected chi connectivity index (χ0v) is 13.5. The molecule has 26 heavy (non-hydrogen) atoms. The normalized spacial score (nSPS) is 9.62. The van der Waals surface area contributed by atoms with Crippen LogP contribution in [0.4, 0.5) is 22.9 Å². The molecular weight excluding hydrogens is 354 g/mol. The minimum absolute atomic E-state index is 0.447. The lowest BCUT2D eigenvalue weighted by Crippen LogP contribution is -2.33. The molecule has 13 nitrogen and oxygen atoms in total. The van der Waals surface area contributed by atoms with Gasteiger partial charge in [0.25, 0.3) is 17.3 Å². The number of phenols is 1. The number of pyridine rings is 1. The number of rotatable bonds is 4. The summed E-state index contributed by atoms with van der Waals surface area (Å²) in [5.41, 5.74) is -3.00. The van der Waals surface area contributed by atoms with E-state index in [2.05, 4.69) is 0 Å². The van der Waals surface area contributed by atoms with Crippen LogP contribution in [0.15, 0.2) is 36.5 Å². The zero-order valence-electron chi connectivity index (χ0n) is 13.5. The van der Waals surface area contributed by atoms with Crippen molar-refractivity contribution >= 4 is 22.9 Å². The molecule has 138 valence electrons. The molecule has 1 N–H and O–H groups in total. The standard InChI is InChI=1S/C7H10N2O.C6H3N3O7/c1-8(2)7-5-3-4-6-9(7)10;10-6-4(8(13)14)1-3(7(11)12)2-5(6)9(15)16/h3-6H,1-2H3;1-2,10H. The van der Waals surface area contributed by atoms with Crippen molar-refractivity contribution in [2.75, 3.05) is 19.0 Å². The van der Waals surface area contributed by atoms with Crippen molar-refractivity contribution in [3.8, 4) is 5.75 Å².